The first-order valence-electron chi connectivity index (χ1n) is 13.6. The first-order chi connectivity index (χ1) is 19.9. The molecule has 3 heterocycles. The van der Waals surface area contributed by atoms with Crippen molar-refractivity contribution >= 4 is 32.7 Å². The van der Waals surface area contributed by atoms with Gasteiger partial charge in [-0.05, 0) is 70.8 Å². The molecule has 3 aromatic heterocycles. The van der Waals surface area contributed by atoms with Crippen molar-refractivity contribution in [2.75, 3.05) is 0 Å². The minimum Gasteiger partial charge on any atom is -0.316 e. The average Bonchev–Trinajstić information content (AvgIpc) is 3.62. The number of pyridine rings is 1. The van der Waals surface area contributed by atoms with E-state index in [0.29, 0.717) is 0 Å². The molecule has 0 saturated heterocycles. The van der Waals surface area contributed by atoms with Gasteiger partial charge in [-0.1, -0.05) is 84.9 Å². The fraction of sp³-hybridized carbons (Fsp3) is 0. The van der Waals surface area contributed by atoms with Crippen LogP contribution in [0.5, 0.6) is 0 Å². The third kappa shape index (κ3) is 3.49. The molecule has 5 aromatic carbocycles. The molecule has 0 fully saturated rings. The van der Waals surface area contributed by atoms with Gasteiger partial charge in [0.15, 0.2) is 0 Å². The SMILES string of the molecule is c1ccc(-c2cccc(-c3cc4c(c5ccncc5n4-c4ccccc4)c4c3ccn4-c3ccccc3)c2)cc1. The molecule has 40 heavy (non-hydrogen) atoms. The first kappa shape index (κ1) is 22.6. The van der Waals surface area contributed by atoms with Gasteiger partial charge < -0.3 is 9.13 Å². The van der Waals surface area contributed by atoms with Gasteiger partial charge in [-0.2, -0.15) is 0 Å². The Kier molecular flexibility index (Phi) is 5.14. The van der Waals surface area contributed by atoms with E-state index in [0.717, 1.165) is 22.4 Å². The van der Waals surface area contributed by atoms with E-state index in [1.54, 1.807) is 0 Å². The highest BCUT2D eigenvalue weighted by molar-refractivity contribution is 6.23. The summed E-state index contributed by atoms with van der Waals surface area (Å²) in [5.41, 5.74) is 10.6. The van der Waals surface area contributed by atoms with Crippen LogP contribution in [0.4, 0.5) is 0 Å². The molecule has 0 aliphatic heterocycles. The number of fused-ring (bicyclic) bond motifs is 5. The molecule has 8 rings (SSSR count). The fourth-order valence-corrected chi connectivity index (χ4v) is 6.05. The minimum atomic E-state index is 1.10. The van der Waals surface area contributed by atoms with E-state index in [9.17, 15) is 0 Å². The summed E-state index contributed by atoms with van der Waals surface area (Å²) in [4.78, 5) is 4.54. The van der Waals surface area contributed by atoms with Gasteiger partial charge >= 0.3 is 0 Å². The van der Waals surface area contributed by atoms with E-state index < -0.39 is 0 Å². The van der Waals surface area contributed by atoms with Gasteiger partial charge in [-0.15, -0.1) is 0 Å². The lowest BCUT2D eigenvalue weighted by atomic mass is 9.95. The third-order valence-corrected chi connectivity index (χ3v) is 7.83. The van der Waals surface area contributed by atoms with Gasteiger partial charge in [0.05, 0.1) is 22.7 Å². The standard InChI is InChI=1S/C37H25N3/c1-4-11-26(12-5-1)27-13-10-14-28(23-27)33-24-34-36(37-31(33)20-22-39(37)29-15-6-2-7-16-29)32-19-21-38-25-35(32)40(34)30-17-8-3-9-18-30/h1-25H. The van der Waals surface area contributed by atoms with Crippen LogP contribution in [0.25, 0.3) is 66.3 Å². The molecule has 0 saturated carbocycles. The highest BCUT2D eigenvalue weighted by atomic mass is 15.0. The van der Waals surface area contributed by atoms with Gasteiger partial charge in [0.2, 0.25) is 0 Å². The van der Waals surface area contributed by atoms with Crippen LogP contribution in [0, 0.1) is 0 Å². The second-order valence-electron chi connectivity index (χ2n) is 10.1. The van der Waals surface area contributed by atoms with Gasteiger partial charge in [-0.25, -0.2) is 0 Å². The monoisotopic (exact) mass is 511 g/mol. The van der Waals surface area contributed by atoms with E-state index in [-0.39, 0.29) is 0 Å². The summed E-state index contributed by atoms with van der Waals surface area (Å²) < 4.78 is 4.68. The topological polar surface area (TPSA) is 22.8 Å². The maximum Gasteiger partial charge on any atom is 0.0725 e. The van der Waals surface area contributed by atoms with Crippen molar-refractivity contribution in [3.63, 3.8) is 0 Å². The summed E-state index contributed by atoms with van der Waals surface area (Å²) in [6, 6.07) is 47.5. The number of aromatic nitrogens is 3. The van der Waals surface area contributed by atoms with E-state index in [1.165, 1.54) is 43.9 Å². The van der Waals surface area contributed by atoms with Crippen LogP contribution in [0.3, 0.4) is 0 Å². The molecule has 0 aliphatic carbocycles. The molecule has 0 N–H and O–H groups in total. The number of benzene rings is 5. The number of para-hydroxylation sites is 2. The smallest absolute Gasteiger partial charge is 0.0725 e. The van der Waals surface area contributed by atoms with Crippen LogP contribution in [-0.2, 0) is 0 Å². The summed E-state index contributed by atoms with van der Waals surface area (Å²) in [7, 11) is 0. The van der Waals surface area contributed by atoms with E-state index >= 15 is 0 Å². The van der Waals surface area contributed by atoms with Gasteiger partial charge in [0.25, 0.3) is 0 Å². The zero-order valence-electron chi connectivity index (χ0n) is 21.8. The molecule has 0 aliphatic rings. The second-order valence-corrected chi connectivity index (χ2v) is 10.1. The lowest BCUT2D eigenvalue weighted by Crippen LogP contribution is -1.95. The van der Waals surface area contributed by atoms with Crippen LogP contribution in [0.15, 0.2) is 152 Å². The predicted octanol–water partition coefficient (Wildman–Crippen LogP) is 9.46. The fourth-order valence-electron chi connectivity index (χ4n) is 6.05. The van der Waals surface area contributed by atoms with Crippen LogP contribution in [0.2, 0.25) is 0 Å². The zero-order valence-corrected chi connectivity index (χ0v) is 21.8. The second kappa shape index (κ2) is 9.11. The molecule has 188 valence electrons. The summed E-state index contributed by atoms with van der Waals surface area (Å²) >= 11 is 0. The van der Waals surface area contributed by atoms with E-state index in [4.69, 9.17) is 0 Å². The summed E-state index contributed by atoms with van der Waals surface area (Å²) in [5, 5.41) is 3.65. The Morgan fingerprint density at radius 1 is 0.500 bits per heavy atom. The molecular weight excluding hydrogens is 486 g/mol. The Bertz CT molecular complexity index is 2140. The summed E-state index contributed by atoms with van der Waals surface area (Å²) in [6.07, 6.45) is 6.09. The Morgan fingerprint density at radius 3 is 1.95 bits per heavy atom. The summed E-state index contributed by atoms with van der Waals surface area (Å²) in [6.45, 7) is 0. The maximum atomic E-state index is 4.54. The highest BCUT2D eigenvalue weighted by Crippen LogP contribution is 2.43. The maximum absolute atomic E-state index is 4.54. The van der Waals surface area contributed by atoms with Crippen molar-refractivity contribution < 1.29 is 0 Å². The molecule has 0 unspecified atom stereocenters. The van der Waals surface area contributed by atoms with Crippen LogP contribution in [-0.4, -0.2) is 14.1 Å². The molecule has 3 heteroatoms. The Balaban J connectivity index is 1.53. The highest BCUT2D eigenvalue weighted by Gasteiger charge is 2.21. The number of rotatable bonds is 4. The molecule has 0 bridgehead atoms. The summed E-state index contributed by atoms with van der Waals surface area (Å²) in [5.74, 6) is 0. The Labute approximate surface area is 232 Å². The normalized spacial score (nSPS) is 11.5. The van der Waals surface area contributed by atoms with Gasteiger partial charge in [0, 0.05) is 39.9 Å². The largest absolute Gasteiger partial charge is 0.316 e. The van der Waals surface area contributed by atoms with Crippen molar-refractivity contribution in [3.05, 3.63) is 152 Å². The Morgan fingerprint density at radius 2 is 1.18 bits per heavy atom. The lowest BCUT2D eigenvalue weighted by molar-refractivity contribution is 1.13. The molecule has 8 aromatic rings. The van der Waals surface area contributed by atoms with Crippen molar-refractivity contribution in [3.8, 4) is 33.6 Å². The molecule has 0 spiro atoms. The number of hydrogen-bond acceptors (Lipinski definition) is 1. The number of nitrogens with zero attached hydrogens (tertiary/aromatic N) is 3. The van der Waals surface area contributed by atoms with Gasteiger partial charge in [0.1, 0.15) is 0 Å². The van der Waals surface area contributed by atoms with Crippen LogP contribution >= 0.6 is 0 Å². The first-order valence-corrected chi connectivity index (χ1v) is 13.6. The van der Waals surface area contributed by atoms with Crippen molar-refractivity contribution in [1.82, 2.24) is 14.1 Å². The van der Waals surface area contributed by atoms with Gasteiger partial charge in [-0.3, -0.25) is 4.98 Å². The van der Waals surface area contributed by atoms with Crippen LogP contribution in [0.1, 0.15) is 0 Å². The molecular formula is C37H25N3. The minimum absolute atomic E-state index is 1.10. The molecule has 0 atom stereocenters. The quantitative estimate of drug-likeness (QED) is 0.231. The third-order valence-electron chi connectivity index (χ3n) is 7.83. The Hall–Kier alpha value is -5.41. The van der Waals surface area contributed by atoms with E-state index in [2.05, 4.69) is 154 Å². The predicted molar refractivity (Wildman–Crippen MR) is 166 cm³/mol. The van der Waals surface area contributed by atoms with Crippen LogP contribution < -0.4 is 0 Å². The number of hydrogen-bond donors (Lipinski definition) is 0. The van der Waals surface area contributed by atoms with Crippen molar-refractivity contribution in [2.24, 2.45) is 0 Å². The lowest BCUT2D eigenvalue weighted by Gasteiger charge is -2.13. The molecule has 3 nitrogen and oxygen atoms in total. The van der Waals surface area contributed by atoms with E-state index in [1.807, 2.05) is 12.4 Å². The van der Waals surface area contributed by atoms with Crippen molar-refractivity contribution in [2.45, 2.75) is 0 Å². The molecule has 0 radical (unpaired) electrons. The zero-order chi connectivity index (χ0) is 26.5. The van der Waals surface area contributed by atoms with Crippen molar-refractivity contribution in [1.29, 1.82) is 0 Å². The average molecular weight is 512 g/mol. The molecule has 0 amide bonds.